The Kier molecular flexibility index (Phi) is 6.11. The van der Waals surface area contributed by atoms with Crippen LogP contribution in [0.1, 0.15) is 15.9 Å². The lowest BCUT2D eigenvalue weighted by molar-refractivity contribution is 0.0954. The van der Waals surface area contributed by atoms with Gasteiger partial charge in [-0.1, -0.05) is 12.1 Å². The molecule has 8 heteroatoms. The molecule has 6 nitrogen and oxygen atoms in total. The molecule has 1 amide bonds. The lowest BCUT2D eigenvalue weighted by Crippen LogP contribution is -2.26. The molecule has 2 aromatic rings. The molecule has 2 rings (SSSR count). The lowest BCUT2D eigenvalue weighted by Gasteiger charge is -2.11. The number of nitrogens with one attached hydrogen (secondary N) is 2. The molecule has 0 bridgehead atoms. The highest BCUT2D eigenvalue weighted by atomic mass is 32.2. The standard InChI is InChI=1S/C17H19FN2O4S/c1-19-25(22,23)16-11-13(6-7-15(16)24-2)17(21)20-9-8-12-4-3-5-14(18)10-12/h3-7,10-11,19H,8-9H2,1-2H3,(H,20,21). The minimum Gasteiger partial charge on any atom is -0.495 e. The van der Waals surface area contributed by atoms with Crippen LogP contribution in [0.15, 0.2) is 47.4 Å². The second-order valence-corrected chi connectivity index (χ2v) is 7.06. The predicted molar refractivity (Wildman–Crippen MR) is 91.7 cm³/mol. The van der Waals surface area contributed by atoms with Gasteiger partial charge < -0.3 is 10.1 Å². The van der Waals surface area contributed by atoms with E-state index in [-0.39, 0.29) is 22.0 Å². The average molecular weight is 366 g/mol. The van der Waals surface area contributed by atoms with Crippen molar-refractivity contribution in [2.24, 2.45) is 0 Å². The third-order valence-electron chi connectivity index (χ3n) is 3.57. The molecule has 0 unspecified atom stereocenters. The van der Waals surface area contributed by atoms with E-state index in [1.807, 2.05) is 0 Å². The minimum absolute atomic E-state index is 0.115. The van der Waals surface area contributed by atoms with Crippen LogP contribution in [0.4, 0.5) is 4.39 Å². The Bertz CT molecular complexity index is 869. The normalized spacial score (nSPS) is 11.2. The minimum atomic E-state index is -3.76. The quantitative estimate of drug-likeness (QED) is 0.781. The van der Waals surface area contributed by atoms with Crippen LogP contribution in [-0.4, -0.2) is 35.0 Å². The van der Waals surface area contributed by atoms with Gasteiger partial charge in [0, 0.05) is 12.1 Å². The number of methoxy groups -OCH3 is 1. The van der Waals surface area contributed by atoms with Crippen molar-refractivity contribution in [3.63, 3.8) is 0 Å². The summed E-state index contributed by atoms with van der Waals surface area (Å²) in [6.45, 7) is 0.294. The van der Waals surface area contributed by atoms with Crippen LogP contribution < -0.4 is 14.8 Å². The summed E-state index contributed by atoms with van der Waals surface area (Å²) < 4.78 is 44.4. The Balaban J connectivity index is 2.10. The Labute approximate surface area is 146 Å². The number of ether oxygens (including phenoxy) is 1. The van der Waals surface area contributed by atoms with Crippen LogP contribution in [0, 0.1) is 5.82 Å². The number of hydrogen-bond donors (Lipinski definition) is 2. The van der Waals surface area contributed by atoms with Crippen molar-refractivity contribution in [1.82, 2.24) is 10.0 Å². The summed E-state index contributed by atoms with van der Waals surface area (Å²) in [4.78, 5) is 12.1. The molecule has 0 aliphatic carbocycles. The van der Waals surface area contributed by atoms with Gasteiger partial charge in [-0.2, -0.15) is 0 Å². The first kappa shape index (κ1) is 18.9. The molecule has 0 aliphatic rings. The molecular formula is C17H19FN2O4S. The predicted octanol–water partition coefficient (Wildman–Crippen LogP) is 1.71. The first-order chi connectivity index (χ1) is 11.9. The number of carbonyl (C=O) groups is 1. The topological polar surface area (TPSA) is 84.5 Å². The van der Waals surface area contributed by atoms with E-state index in [4.69, 9.17) is 4.74 Å². The van der Waals surface area contributed by atoms with Gasteiger partial charge in [-0.25, -0.2) is 17.5 Å². The largest absolute Gasteiger partial charge is 0.495 e. The molecule has 2 N–H and O–H groups in total. The molecule has 0 spiro atoms. The highest BCUT2D eigenvalue weighted by Gasteiger charge is 2.20. The van der Waals surface area contributed by atoms with Crippen LogP contribution in [0.5, 0.6) is 5.75 Å². The zero-order valence-electron chi connectivity index (χ0n) is 13.9. The Morgan fingerprint density at radius 3 is 2.60 bits per heavy atom. The fraction of sp³-hybridized carbons (Fsp3) is 0.235. The van der Waals surface area contributed by atoms with Crippen molar-refractivity contribution in [2.45, 2.75) is 11.3 Å². The van der Waals surface area contributed by atoms with Gasteiger partial charge in [0.25, 0.3) is 5.91 Å². The van der Waals surface area contributed by atoms with Gasteiger partial charge in [-0.15, -0.1) is 0 Å². The summed E-state index contributed by atoms with van der Waals surface area (Å²) in [5.41, 5.74) is 0.947. The summed E-state index contributed by atoms with van der Waals surface area (Å²) in [5.74, 6) is -0.613. The molecule has 0 aromatic heterocycles. The fourth-order valence-electron chi connectivity index (χ4n) is 2.25. The van der Waals surface area contributed by atoms with Crippen molar-refractivity contribution in [1.29, 1.82) is 0 Å². The molecule has 0 heterocycles. The summed E-state index contributed by atoms with van der Waals surface area (Å²) in [5, 5.41) is 2.68. The average Bonchev–Trinajstić information content (AvgIpc) is 2.61. The molecule has 2 aromatic carbocycles. The number of benzene rings is 2. The molecule has 0 radical (unpaired) electrons. The van der Waals surface area contributed by atoms with Crippen molar-refractivity contribution >= 4 is 15.9 Å². The van der Waals surface area contributed by atoms with Gasteiger partial charge in [0.05, 0.1) is 7.11 Å². The van der Waals surface area contributed by atoms with E-state index in [1.165, 1.54) is 44.5 Å². The molecule has 0 saturated carbocycles. The summed E-state index contributed by atoms with van der Waals surface area (Å²) in [6, 6.07) is 10.3. The van der Waals surface area contributed by atoms with Gasteiger partial charge in [-0.3, -0.25) is 4.79 Å². The van der Waals surface area contributed by atoms with E-state index >= 15 is 0 Å². The number of halogens is 1. The van der Waals surface area contributed by atoms with Gasteiger partial charge >= 0.3 is 0 Å². The van der Waals surface area contributed by atoms with Crippen LogP contribution in [0.2, 0.25) is 0 Å². The zero-order chi connectivity index (χ0) is 18.4. The van der Waals surface area contributed by atoms with Gasteiger partial charge in [0.2, 0.25) is 10.0 Å². The second-order valence-electron chi connectivity index (χ2n) is 5.21. The first-order valence-electron chi connectivity index (χ1n) is 7.51. The number of sulfonamides is 1. The van der Waals surface area contributed by atoms with Crippen molar-refractivity contribution in [3.05, 3.63) is 59.4 Å². The van der Waals surface area contributed by atoms with E-state index in [1.54, 1.807) is 12.1 Å². The highest BCUT2D eigenvalue weighted by molar-refractivity contribution is 7.89. The van der Waals surface area contributed by atoms with Gasteiger partial charge in [-0.05, 0) is 49.4 Å². The van der Waals surface area contributed by atoms with Crippen molar-refractivity contribution in [2.75, 3.05) is 20.7 Å². The Hall–Kier alpha value is -2.45. The molecule has 0 aliphatic heterocycles. The summed E-state index contributed by atoms with van der Waals surface area (Å²) in [6.07, 6.45) is 0.460. The van der Waals surface area contributed by atoms with Crippen LogP contribution in [0.3, 0.4) is 0 Å². The number of carbonyl (C=O) groups excluding carboxylic acids is 1. The zero-order valence-corrected chi connectivity index (χ0v) is 14.7. The van der Waals surface area contributed by atoms with E-state index in [0.717, 1.165) is 5.56 Å². The number of amides is 1. The lowest BCUT2D eigenvalue weighted by atomic mass is 10.1. The smallest absolute Gasteiger partial charge is 0.251 e. The van der Waals surface area contributed by atoms with Crippen molar-refractivity contribution in [3.8, 4) is 5.75 Å². The molecule has 25 heavy (non-hydrogen) atoms. The molecule has 0 fully saturated rings. The third-order valence-corrected chi connectivity index (χ3v) is 5.01. The van der Waals surface area contributed by atoms with Gasteiger partial charge in [0.15, 0.2) is 0 Å². The molecule has 0 saturated heterocycles. The SMILES string of the molecule is CNS(=O)(=O)c1cc(C(=O)NCCc2cccc(F)c2)ccc1OC. The fourth-order valence-corrected chi connectivity index (χ4v) is 3.17. The summed E-state index contributed by atoms with van der Waals surface area (Å²) in [7, 11) is -1.13. The van der Waals surface area contributed by atoms with Crippen LogP contribution in [-0.2, 0) is 16.4 Å². The third kappa shape index (κ3) is 4.77. The Morgan fingerprint density at radius 1 is 1.20 bits per heavy atom. The molecule has 134 valence electrons. The number of rotatable bonds is 7. The van der Waals surface area contributed by atoms with E-state index in [0.29, 0.717) is 13.0 Å². The van der Waals surface area contributed by atoms with E-state index < -0.39 is 15.9 Å². The van der Waals surface area contributed by atoms with Crippen molar-refractivity contribution < 1.29 is 22.3 Å². The highest BCUT2D eigenvalue weighted by Crippen LogP contribution is 2.24. The maximum absolute atomic E-state index is 13.1. The number of hydrogen-bond acceptors (Lipinski definition) is 4. The van der Waals surface area contributed by atoms with E-state index in [2.05, 4.69) is 10.0 Å². The van der Waals surface area contributed by atoms with E-state index in [9.17, 15) is 17.6 Å². The first-order valence-corrected chi connectivity index (χ1v) is 9.00. The van der Waals surface area contributed by atoms with Gasteiger partial charge in [0.1, 0.15) is 16.5 Å². The maximum atomic E-state index is 13.1. The summed E-state index contributed by atoms with van der Waals surface area (Å²) >= 11 is 0. The second kappa shape index (κ2) is 8.09. The van der Waals surface area contributed by atoms with Crippen LogP contribution in [0.25, 0.3) is 0 Å². The Morgan fingerprint density at radius 2 is 1.96 bits per heavy atom. The molecular weight excluding hydrogens is 347 g/mol. The van der Waals surface area contributed by atoms with Crippen LogP contribution >= 0.6 is 0 Å². The molecule has 0 atom stereocenters. The monoisotopic (exact) mass is 366 g/mol. The maximum Gasteiger partial charge on any atom is 0.251 e.